The zero-order valence-corrected chi connectivity index (χ0v) is 18.6. The number of nitrogens with one attached hydrogen (secondary N) is 1. The highest BCUT2D eigenvalue weighted by Crippen LogP contribution is 2.49. The Bertz CT molecular complexity index is 1380. The Hall–Kier alpha value is -3.78. The fourth-order valence-electron chi connectivity index (χ4n) is 6.06. The van der Waals surface area contributed by atoms with Crippen LogP contribution in [-0.4, -0.2) is 12.1 Å². The Morgan fingerprint density at radius 3 is 2.58 bits per heavy atom. The molecule has 4 unspecified atom stereocenters. The van der Waals surface area contributed by atoms with Crippen molar-refractivity contribution in [3.63, 3.8) is 0 Å². The van der Waals surface area contributed by atoms with Crippen molar-refractivity contribution < 1.29 is 0 Å². The molecule has 0 saturated carbocycles. The maximum Gasteiger partial charge on any atom is 0.0630 e. The molecule has 2 aliphatic heterocycles. The highest BCUT2D eigenvalue weighted by atomic mass is 15.2. The van der Waals surface area contributed by atoms with Gasteiger partial charge in [-0.1, -0.05) is 84.5 Å². The molecule has 4 atom stereocenters. The van der Waals surface area contributed by atoms with Gasteiger partial charge in [0, 0.05) is 28.9 Å². The van der Waals surface area contributed by atoms with E-state index in [1.807, 2.05) is 0 Å². The van der Waals surface area contributed by atoms with Gasteiger partial charge in [-0.3, -0.25) is 0 Å². The summed E-state index contributed by atoms with van der Waals surface area (Å²) in [7, 11) is 0. The van der Waals surface area contributed by atoms with E-state index in [2.05, 4.69) is 126 Å². The van der Waals surface area contributed by atoms with Gasteiger partial charge in [0.15, 0.2) is 0 Å². The molecule has 0 radical (unpaired) electrons. The molecule has 33 heavy (non-hydrogen) atoms. The predicted octanol–water partition coefficient (Wildman–Crippen LogP) is 7.34. The van der Waals surface area contributed by atoms with Crippen LogP contribution in [0.2, 0.25) is 0 Å². The molecule has 0 saturated heterocycles. The number of benzene rings is 3. The lowest BCUT2D eigenvalue weighted by Crippen LogP contribution is -2.28. The zero-order valence-electron chi connectivity index (χ0n) is 18.6. The molecular weight excluding hydrogens is 400 g/mol. The van der Waals surface area contributed by atoms with Gasteiger partial charge in [-0.05, 0) is 59.5 Å². The van der Waals surface area contributed by atoms with Crippen molar-refractivity contribution in [1.29, 1.82) is 0 Å². The van der Waals surface area contributed by atoms with Gasteiger partial charge in [0.1, 0.15) is 0 Å². The van der Waals surface area contributed by atoms with Gasteiger partial charge < -0.3 is 10.2 Å². The van der Waals surface area contributed by atoms with E-state index < -0.39 is 0 Å². The fraction of sp³-hybridized carbons (Fsp3) is 0.161. The van der Waals surface area contributed by atoms with Crippen LogP contribution in [0, 0.1) is 0 Å². The molecule has 2 heterocycles. The first kappa shape index (κ1) is 18.8. The number of hydrogen-bond donors (Lipinski definition) is 1. The third-order valence-corrected chi connectivity index (χ3v) is 7.67. The quantitative estimate of drug-likeness (QED) is 0.461. The first-order valence-electron chi connectivity index (χ1n) is 11.9. The molecule has 2 heteroatoms. The van der Waals surface area contributed by atoms with Gasteiger partial charge in [-0.25, -0.2) is 0 Å². The minimum atomic E-state index is 0.308. The van der Waals surface area contributed by atoms with E-state index in [4.69, 9.17) is 0 Å². The summed E-state index contributed by atoms with van der Waals surface area (Å²) in [6.07, 6.45) is 14.0. The Morgan fingerprint density at radius 1 is 0.818 bits per heavy atom. The first-order valence-corrected chi connectivity index (χ1v) is 11.9. The second-order valence-electron chi connectivity index (χ2n) is 9.51. The number of fused-ring (bicyclic) bond motifs is 6. The van der Waals surface area contributed by atoms with Crippen molar-refractivity contribution in [2.24, 2.45) is 0 Å². The Labute approximate surface area is 195 Å². The Balaban J connectivity index is 1.28. The van der Waals surface area contributed by atoms with Crippen LogP contribution in [0.1, 0.15) is 35.4 Å². The number of allylic oxidation sites excluding steroid dienone is 4. The van der Waals surface area contributed by atoms with Crippen LogP contribution in [0.3, 0.4) is 0 Å². The normalized spacial score (nSPS) is 26.0. The Morgan fingerprint density at radius 2 is 1.67 bits per heavy atom. The van der Waals surface area contributed by atoms with Crippen LogP contribution in [0.15, 0.2) is 115 Å². The maximum absolute atomic E-state index is 3.73. The van der Waals surface area contributed by atoms with E-state index in [1.54, 1.807) is 0 Å². The summed E-state index contributed by atoms with van der Waals surface area (Å²) >= 11 is 0. The van der Waals surface area contributed by atoms with E-state index in [0.717, 1.165) is 0 Å². The monoisotopic (exact) mass is 426 g/mol. The highest BCUT2D eigenvalue weighted by Gasteiger charge is 2.38. The van der Waals surface area contributed by atoms with Gasteiger partial charge in [0.25, 0.3) is 0 Å². The van der Waals surface area contributed by atoms with Gasteiger partial charge in [0.2, 0.25) is 0 Å². The van der Waals surface area contributed by atoms with Crippen LogP contribution in [0.25, 0.3) is 5.57 Å². The molecule has 2 nitrogen and oxygen atoms in total. The van der Waals surface area contributed by atoms with Crippen LogP contribution in [0.5, 0.6) is 0 Å². The molecule has 0 spiro atoms. The molecule has 1 N–H and O–H groups in total. The molecule has 0 amide bonds. The molecule has 7 rings (SSSR count). The summed E-state index contributed by atoms with van der Waals surface area (Å²) in [6, 6.07) is 27.3. The summed E-state index contributed by atoms with van der Waals surface area (Å²) in [5, 5.41) is 3.73. The van der Waals surface area contributed by atoms with Gasteiger partial charge >= 0.3 is 0 Å². The number of para-hydroxylation sites is 2. The van der Waals surface area contributed by atoms with Crippen molar-refractivity contribution in [3.8, 4) is 0 Å². The van der Waals surface area contributed by atoms with E-state index in [-0.39, 0.29) is 0 Å². The topological polar surface area (TPSA) is 15.3 Å². The molecule has 0 aromatic heterocycles. The largest absolute Gasteiger partial charge is 0.377 e. The summed E-state index contributed by atoms with van der Waals surface area (Å²) in [6.45, 7) is 2.23. The second kappa shape index (κ2) is 7.11. The lowest BCUT2D eigenvalue weighted by Gasteiger charge is -2.29. The van der Waals surface area contributed by atoms with Crippen molar-refractivity contribution in [2.75, 3.05) is 10.2 Å². The minimum absolute atomic E-state index is 0.308. The van der Waals surface area contributed by atoms with Crippen molar-refractivity contribution >= 4 is 22.6 Å². The molecule has 3 aromatic carbocycles. The van der Waals surface area contributed by atoms with Crippen molar-refractivity contribution in [1.82, 2.24) is 0 Å². The second-order valence-corrected chi connectivity index (χ2v) is 9.51. The molecule has 2 aliphatic carbocycles. The first-order chi connectivity index (χ1) is 16.3. The van der Waals surface area contributed by atoms with Crippen LogP contribution >= 0.6 is 0 Å². The number of nitrogens with zero attached hydrogens (tertiary/aromatic N) is 1. The summed E-state index contributed by atoms with van der Waals surface area (Å²) in [4.78, 5) is 2.49. The summed E-state index contributed by atoms with van der Waals surface area (Å²) in [5.74, 6) is 0.770. The zero-order chi connectivity index (χ0) is 21.9. The standard InChI is InChI=1S/C31H26N2/c1-20-8-7-12-25-26-18-21(14-16-28(26)32-31(20)25)22-15-17-30-27(19-22)24-11-5-6-13-29(24)33(30)23-9-3-2-4-10-23/h2-19,25,27,30-32H,1H3. The third kappa shape index (κ3) is 2.80. The van der Waals surface area contributed by atoms with E-state index in [9.17, 15) is 0 Å². The average molecular weight is 427 g/mol. The molecule has 3 aromatic rings. The molecule has 0 bridgehead atoms. The SMILES string of the molecule is CC1=CC=CC2c3cc(C4=CC5c6ccccc6N(c6ccccc6)C5C=C4)ccc3NC12. The van der Waals surface area contributed by atoms with Gasteiger partial charge in [-0.2, -0.15) is 0 Å². The maximum atomic E-state index is 3.73. The molecular formula is C31H26N2. The highest BCUT2D eigenvalue weighted by molar-refractivity contribution is 5.83. The number of anilines is 3. The van der Waals surface area contributed by atoms with Crippen LogP contribution < -0.4 is 10.2 Å². The minimum Gasteiger partial charge on any atom is -0.377 e. The van der Waals surface area contributed by atoms with Crippen molar-refractivity contribution in [2.45, 2.75) is 30.8 Å². The average Bonchev–Trinajstić information content (AvgIpc) is 3.40. The van der Waals surface area contributed by atoms with Crippen molar-refractivity contribution in [3.05, 3.63) is 132 Å². The lowest BCUT2D eigenvalue weighted by molar-refractivity contribution is 0.747. The van der Waals surface area contributed by atoms with E-state index >= 15 is 0 Å². The predicted molar refractivity (Wildman–Crippen MR) is 138 cm³/mol. The van der Waals surface area contributed by atoms with Gasteiger partial charge in [-0.15, -0.1) is 0 Å². The summed E-state index contributed by atoms with van der Waals surface area (Å²) in [5.41, 5.74) is 10.7. The molecule has 4 aliphatic rings. The van der Waals surface area contributed by atoms with Crippen LogP contribution in [0.4, 0.5) is 17.1 Å². The van der Waals surface area contributed by atoms with Crippen LogP contribution in [-0.2, 0) is 0 Å². The lowest BCUT2D eigenvalue weighted by atomic mass is 9.84. The van der Waals surface area contributed by atoms with E-state index in [0.29, 0.717) is 23.9 Å². The molecule has 160 valence electrons. The Kier molecular flexibility index (Phi) is 4.04. The van der Waals surface area contributed by atoms with Gasteiger partial charge in [0.05, 0.1) is 12.1 Å². The fourth-order valence-corrected chi connectivity index (χ4v) is 6.06. The number of rotatable bonds is 2. The molecule has 0 fully saturated rings. The number of hydrogen-bond acceptors (Lipinski definition) is 2. The van der Waals surface area contributed by atoms with E-state index in [1.165, 1.54) is 44.9 Å². The summed E-state index contributed by atoms with van der Waals surface area (Å²) < 4.78 is 0. The third-order valence-electron chi connectivity index (χ3n) is 7.67. The smallest absolute Gasteiger partial charge is 0.0630 e.